The van der Waals surface area contributed by atoms with Gasteiger partial charge in [0.1, 0.15) is 5.82 Å². The van der Waals surface area contributed by atoms with Crippen molar-refractivity contribution in [3.63, 3.8) is 0 Å². The molecule has 0 unspecified atom stereocenters. The fourth-order valence-corrected chi connectivity index (χ4v) is 2.80. The number of carbonyl (C=O) groups excluding carboxylic acids is 2. The van der Waals surface area contributed by atoms with Crippen LogP contribution < -0.4 is 10.6 Å². The maximum absolute atomic E-state index is 13.1. The van der Waals surface area contributed by atoms with Crippen molar-refractivity contribution in [1.82, 2.24) is 20.4 Å². The maximum atomic E-state index is 13.1. The monoisotopic (exact) mass is 368 g/mol. The van der Waals surface area contributed by atoms with Gasteiger partial charge in [-0.2, -0.15) is 0 Å². The summed E-state index contributed by atoms with van der Waals surface area (Å²) in [6, 6.07) is 3.89. The highest BCUT2D eigenvalue weighted by Gasteiger charge is 2.20. The molecule has 1 aromatic rings. The van der Waals surface area contributed by atoms with E-state index in [2.05, 4.69) is 22.1 Å². The van der Waals surface area contributed by atoms with Gasteiger partial charge in [-0.3, -0.25) is 19.9 Å². The number of rotatable bonds is 6. The van der Waals surface area contributed by atoms with E-state index in [1.807, 2.05) is 4.90 Å². The molecule has 6 nitrogen and oxygen atoms in total. The number of urea groups is 1. The standard InChI is InChI=1S/C17H22ClFN4O2/c1-2-5-20-17(25)21-16(24)12-23-8-6-22(7-9-23)11-13-3-4-14(19)10-15(13)18/h2-4,10H,1,5-9,11-12H2,(H2,20,21,24,25). The van der Waals surface area contributed by atoms with Crippen LogP contribution >= 0.6 is 11.6 Å². The summed E-state index contributed by atoms with van der Waals surface area (Å²) in [6.07, 6.45) is 1.54. The summed E-state index contributed by atoms with van der Waals surface area (Å²) in [5.74, 6) is -0.682. The van der Waals surface area contributed by atoms with E-state index in [9.17, 15) is 14.0 Å². The minimum Gasteiger partial charge on any atom is -0.334 e. The highest BCUT2D eigenvalue weighted by atomic mass is 35.5. The third-order valence-corrected chi connectivity index (χ3v) is 4.25. The Morgan fingerprint density at radius 3 is 2.56 bits per heavy atom. The Hall–Kier alpha value is -1.96. The van der Waals surface area contributed by atoms with Crippen molar-refractivity contribution in [3.8, 4) is 0 Å². The molecule has 1 aliphatic rings. The second-order valence-electron chi connectivity index (χ2n) is 5.83. The number of benzene rings is 1. The number of hydrogen-bond acceptors (Lipinski definition) is 4. The quantitative estimate of drug-likeness (QED) is 0.749. The van der Waals surface area contributed by atoms with Crippen LogP contribution in [0, 0.1) is 5.82 Å². The SMILES string of the molecule is C=CCNC(=O)NC(=O)CN1CCN(Cc2ccc(F)cc2Cl)CC1. The molecule has 0 aliphatic carbocycles. The number of nitrogens with one attached hydrogen (secondary N) is 2. The molecule has 136 valence electrons. The lowest BCUT2D eigenvalue weighted by Gasteiger charge is -2.34. The topological polar surface area (TPSA) is 64.7 Å². The lowest BCUT2D eigenvalue weighted by Crippen LogP contribution is -2.50. The van der Waals surface area contributed by atoms with Crippen LogP contribution in [0.1, 0.15) is 5.56 Å². The Bertz CT molecular complexity index is 633. The van der Waals surface area contributed by atoms with Gasteiger partial charge in [0.25, 0.3) is 0 Å². The molecule has 1 saturated heterocycles. The molecular formula is C17H22ClFN4O2. The minimum atomic E-state index is -0.519. The van der Waals surface area contributed by atoms with Crippen molar-refractivity contribution in [2.75, 3.05) is 39.3 Å². The molecule has 8 heteroatoms. The number of piperazine rings is 1. The molecule has 25 heavy (non-hydrogen) atoms. The first kappa shape index (κ1) is 19.4. The van der Waals surface area contributed by atoms with Crippen LogP contribution in [0.4, 0.5) is 9.18 Å². The van der Waals surface area contributed by atoms with Crippen molar-refractivity contribution in [2.24, 2.45) is 0 Å². The third kappa shape index (κ3) is 6.45. The summed E-state index contributed by atoms with van der Waals surface area (Å²) in [4.78, 5) is 27.4. The number of halogens is 2. The van der Waals surface area contributed by atoms with Gasteiger partial charge in [0.2, 0.25) is 5.91 Å². The smallest absolute Gasteiger partial charge is 0.321 e. The van der Waals surface area contributed by atoms with Crippen LogP contribution in [-0.4, -0.2) is 61.0 Å². The van der Waals surface area contributed by atoms with E-state index in [0.29, 0.717) is 31.2 Å². The first-order valence-electron chi connectivity index (χ1n) is 8.05. The molecule has 2 rings (SSSR count). The molecule has 0 atom stereocenters. The zero-order valence-electron chi connectivity index (χ0n) is 13.9. The number of carbonyl (C=O) groups is 2. The number of hydrogen-bond donors (Lipinski definition) is 2. The molecule has 0 radical (unpaired) electrons. The summed E-state index contributed by atoms with van der Waals surface area (Å²) in [7, 11) is 0. The molecule has 1 aliphatic heterocycles. The highest BCUT2D eigenvalue weighted by Crippen LogP contribution is 2.19. The molecular weight excluding hydrogens is 347 g/mol. The van der Waals surface area contributed by atoms with E-state index < -0.39 is 6.03 Å². The Balaban J connectivity index is 1.73. The van der Waals surface area contributed by atoms with Crippen LogP contribution in [-0.2, 0) is 11.3 Å². The van der Waals surface area contributed by atoms with Gasteiger partial charge in [-0.15, -0.1) is 6.58 Å². The van der Waals surface area contributed by atoms with Gasteiger partial charge >= 0.3 is 6.03 Å². The van der Waals surface area contributed by atoms with E-state index in [1.54, 1.807) is 6.07 Å². The molecule has 0 bridgehead atoms. The van der Waals surface area contributed by atoms with E-state index in [1.165, 1.54) is 18.2 Å². The summed E-state index contributed by atoms with van der Waals surface area (Å²) in [5.41, 5.74) is 0.883. The molecule has 2 N–H and O–H groups in total. The van der Waals surface area contributed by atoms with Crippen molar-refractivity contribution >= 4 is 23.5 Å². The zero-order valence-corrected chi connectivity index (χ0v) is 14.7. The summed E-state index contributed by atoms with van der Waals surface area (Å²) >= 11 is 6.06. The Labute approximate surface area is 151 Å². The molecule has 0 spiro atoms. The predicted molar refractivity (Wildman–Crippen MR) is 94.9 cm³/mol. The van der Waals surface area contributed by atoms with Gasteiger partial charge in [-0.1, -0.05) is 23.7 Å². The van der Waals surface area contributed by atoms with Gasteiger partial charge in [-0.25, -0.2) is 9.18 Å². The van der Waals surface area contributed by atoms with Crippen LogP contribution in [0.25, 0.3) is 0 Å². The number of imide groups is 1. The summed E-state index contributed by atoms with van der Waals surface area (Å²) < 4.78 is 13.1. The van der Waals surface area contributed by atoms with Crippen molar-refractivity contribution < 1.29 is 14.0 Å². The number of amides is 3. The van der Waals surface area contributed by atoms with E-state index >= 15 is 0 Å². The summed E-state index contributed by atoms with van der Waals surface area (Å²) in [6.45, 7) is 7.56. The second-order valence-corrected chi connectivity index (χ2v) is 6.24. The van der Waals surface area contributed by atoms with Gasteiger partial charge in [-0.05, 0) is 17.7 Å². The third-order valence-electron chi connectivity index (χ3n) is 3.90. The van der Waals surface area contributed by atoms with Crippen molar-refractivity contribution in [2.45, 2.75) is 6.54 Å². The average Bonchev–Trinajstić information content (AvgIpc) is 2.57. The van der Waals surface area contributed by atoms with Gasteiger partial charge in [0.15, 0.2) is 0 Å². The van der Waals surface area contributed by atoms with E-state index in [4.69, 9.17) is 11.6 Å². The Morgan fingerprint density at radius 1 is 1.24 bits per heavy atom. The first-order valence-corrected chi connectivity index (χ1v) is 8.43. The predicted octanol–water partition coefficient (Wildman–Crippen LogP) is 1.61. The zero-order chi connectivity index (χ0) is 18.2. The largest absolute Gasteiger partial charge is 0.334 e. The lowest BCUT2D eigenvalue weighted by atomic mass is 10.2. The lowest BCUT2D eigenvalue weighted by molar-refractivity contribution is -0.121. The Kier molecular flexibility index (Phi) is 7.36. The van der Waals surface area contributed by atoms with Crippen LogP contribution in [0.3, 0.4) is 0 Å². The molecule has 1 heterocycles. The average molecular weight is 369 g/mol. The first-order chi connectivity index (χ1) is 12.0. The van der Waals surface area contributed by atoms with Gasteiger partial charge in [0, 0.05) is 44.3 Å². The second kappa shape index (κ2) is 9.50. The number of nitrogens with zero attached hydrogens (tertiary/aromatic N) is 2. The van der Waals surface area contributed by atoms with Crippen molar-refractivity contribution in [1.29, 1.82) is 0 Å². The fraction of sp³-hybridized carbons (Fsp3) is 0.412. The molecule has 1 fully saturated rings. The highest BCUT2D eigenvalue weighted by molar-refractivity contribution is 6.31. The fourth-order valence-electron chi connectivity index (χ4n) is 2.57. The van der Waals surface area contributed by atoms with Crippen LogP contribution in [0.15, 0.2) is 30.9 Å². The van der Waals surface area contributed by atoms with Gasteiger partial charge < -0.3 is 5.32 Å². The van der Waals surface area contributed by atoms with Crippen LogP contribution in [0.2, 0.25) is 5.02 Å². The molecule has 1 aromatic carbocycles. The van der Waals surface area contributed by atoms with Gasteiger partial charge in [0.05, 0.1) is 6.54 Å². The maximum Gasteiger partial charge on any atom is 0.321 e. The normalized spacial score (nSPS) is 15.6. The molecule has 3 amide bonds. The van der Waals surface area contributed by atoms with Crippen LogP contribution in [0.5, 0.6) is 0 Å². The van der Waals surface area contributed by atoms with E-state index in [-0.39, 0.29) is 18.3 Å². The Morgan fingerprint density at radius 2 is 1.92 bits per heavy atom. The molecule has 0 aromatic heterocycles. The molecule has 0 saturated carbocycles. The minimum absolute atomic E-state index is 0.173. The van der Waals surface area contributed by atoms with E-state index in [0.717, 1.165) is 18.7 Å². The van der Waals surface area contributed by atoms with Crippen molar-refractivity contribution in [3.05, 3.63) is 47.3 Å². The summed E-state index contributed by atoms with van der Waals surface area (Å²) in [5, 5.41) is 5.19.